The number of nitrogens with zero attached hydrogens (tertiary/aromatic N) is 1. The lowest BCUT2D eigenvalue weighted by atomic mass is 9.68. The minimum atomic E-state index is -0.961. The summed E-state index contributed by atoms with van der Waals surface area (Å²) in [5.74, 6) is -0.679. The molecule has 18 heavy (non-hydrogen) atoms. The van der Waals surface area contributed by atoms with Crippen LogP contribution in [0.5, 0.6) is 0 Å². The van der Waals surface area contributed by atoms with Gasteiger partial charge in [0.1, 0.15) is 5.41 Å². The third kappa shape index (κ3) is 2.20. The molecule has 1 fully saturated rings. The van der Waals surface area contributed by atoms with Gasteiger partial charge >= 0.3 is 5.97 Å². The van der Waals surface area contributed by atoms with Crippen molar-refractivity contribution in [1.29, 1.82) is 0 Å². The molecule has 1 aliphatic rings. The molecule has 96 valence electrons. The quantitative estimate of drug-likeness (QED) is 0.638. The predicted octanol–water partition coefficient (Wildman–Crippen LogP) is 1.04. The standard InChI is InChI=1S/C13H16N2O3/c1-18-12(17)13(5-3-6-13)11(16)15-9-10-4-2-7-14-8-10/h2,4,7-8H,3,5-6,9H2,1H3,(H,15,16). The molecule has 0 atom stereocenters. The molecule has 0 bridgehead atoms. The van der Waals surface area contributed by atoms with Gasteiger partial charge in [0, 0.05) is 18.9 Å². The number of hydrogen-bond acceptors (Lipinski definition) is 4. The maximum absolute atomic E-state index is 12.1. The molecule has 0 radical (unpaired) electrons. The number of nitrogens with one attached hydrogen (secondary N) is 1. The van der Waals surface area contributed by atoms with E-state index in [9.17, 15) is 9.59 Å². The van der Waals surface area contributed by atoms with Crippen LogP contribution < -0.4 is 5.32 Å². The zero-order chi connectivity index (χ0) is 13.0. The minimum absolute atomic E-state index is 0.246. The lowest BCUT2D eigenvalue weighted by Crippen LogP contribution is -2.51. The first kappa shape index (κ1) is 12.5. The topological polar surface area (TPSA) is 68.3 Å². The fraction of sp³-hybridized carbons (Fsp3) is 0.462. The number of carbonyl (C=O) groups is 2. The average Bonchev–Trinajstić information content (AvgIpc) is 2.36. The number of methoxy groups -OCH3 is 1. The van der Waals surface area contributed by atoms with Crippen molar-refractivity contribution in [3.63, 3.8) is 0 Å². The zero-order valence-corrected chi connectivity index (χ0v) is 10.3. The molecule has 1 heterocycles. The summed E-state index contributed by atoms with van der Waals surface area (Å²) in [7, 11) is 1.32. The molecule has 1 aromatic rings. The van der Waals surface area contributed by atoms with E-state index in [0.29, 0.717) is 19.4 Å². The second-order valence-electron chi connectivity index (χ2n) is 4.47. The van der Waals surface area contributed by atoms with Crippen LogP contribution in [0, 0.1) is 5.41 Å². The van der Waals surface area contributed by atoms with Crippen LogP contribution in [0.15, 0.2) is 24.5 Å². The Morgan fingerprint density at radius 3 is 2.78 bits per heavy atom. The molecule has 5 heteroatoms. The number of carbonyl (C=O) groups excluding carboxylic acids is 2. The monoisotopic (exact) mass is 248 g/mol. The number of esters is 1. The van der Waals surface area contributed by atoms with Gasteiger partial charge in [0.05, 0.1) is 7.11 Å². The van der Waals surface area contributed by atoms with E-state index in [1.165, 1.54) is 7.11 Å². The number of pyridine rings is 1. The fourth-order valence-electron chi connectivity index (χ4n) is 2.10. The van der Waals surface area contributed by atoms with E-state index in [1.807, 2.05) is 6.07 Å². The van der Waals surface area contributed by atoms with Crippen LogP contribution in [0.1, 0.15) is 24.8 Å². The third-order valence-corrected chi connectivity index (χ3v) is 3.39. The Bertz CT molecular complexity index is 441. The van der Waals surface area contributed by atoms with Crippen molar-refractivity contribution < 1.29 is 14.3 Å². The maximum atomic E-state index is 12.1. The second kappa shape index (κ2) is 5.16. The van der Waals surface area contributed by atoms with E-state index in [4.69, 9.17) is 4.74 Å². The lowest BCUT2D eigenvalue weighted by Gasteiger charge is -2.36. The summed E-state index contributed by atoms with van der Waals surface area (Å²) >= 11 is 0. The van der Waals surface area contributed by atoms with Crippen LogP contribution in [-0.2, 0) is 20.9 Å². The number of ether oxygens (including phenoxy) is 1. The summed E-state index contributed by atoms with van der Waals surface area (Å²) in [5.41, 5.74) is -0.0538. The van der Waals surface area contributed by atoms with E-state index in [1.54, 1.807) is 18.5 Å². The summed E-state index contributed by atoms with van der Waals surface area (Å²) in [5, 5.41) is 2.78. The van der Waals surface area contributed by atoms with E-state index >= 15 is 0 Å². The van der Waals surface area contributed by atoms with Crippen molar-refractivity contribution in [2.45, 2.75) is 25.8 Å². The van der Waals surface area contributed by atoms with E-state index in [-0.39, 0.29) is 5.91 Å². The Labute approximate surface area is 106 Å². The molecule has 2 rings (SSSR count). The highest BCUT2D eigenvalue weighted by Gasteiger charge is 2.51. The highest BCUT2D eigenvalue weighted by molar-refractivity contribution is 6.03. The Morgan fingerprint density at radius 1 is 1.50 bits per heavy atom. The van der Waals surface area contributed by atoms with Gasteiger partial charge in [-0.1, -0.05) is 12.5 Å². The van der Waals surface area contributed by atoms with Crippen molar-refractivity contribution in [2.75, 3.05) is 7.11 Å². The molecule has 1 amide bonds. The predicted molar refractivity (Wildman–Crippen MR) is 64.4 cm³/mol. The van der Waals surface area contributed by atoms with Crippen LogP contribution >= 0.6 is 0 Å². The largest absolute Gasteiger partial charge is 0.468 e. The molecular weight excluding hydrogens is 232 g/mol. The van der Waals surface area contributed by atoms with Gasteiger partial charge in [0.2, 0.25) is 5.91 Å². The summed E-state index contributed by atoms with van der Waals surface area (Å²) < 4.78 is 4.72. The molecule has 1 saturated carbocycles. The average molecular weight is 248 g/mol. The van der Waals surface area contributed by atoms with Gasteiger partial charge in [-0.2, -0.15) is 0 Å². The number of hydrogen-bond donors (Lipinski definition) is 1. The molecule has 0 spiro atoms. The van der Waals surface area contributed by atoms with Crippen LogP contribution in [0.4, 0.5) is 0 Å². The summed E-state index contributed by atoms with van der Waals surface area (Å²) in [6, 6.07) is 3.68. The fourth-order valence-corrected chi connectivity index (χ4v) is 2.10. The van der Waals surface area contributed by atoms with Crippen LogP contribution in [-0.4, -0.2) is 24.0 Å². The summed E-state index contributed by atoms with van der Waals surface area (Å²) in [4.78, 5) is 27.7. The van der Waals surface area contributed by atoms with E-state index in [0.717, 1.165) is 12.0 Å². The highest BCUT2D eigenvalue weighted by atomic mass is 16.5. The van der Waals surface area contributed by atoms with Crippen LogP contribution in [0.2, 0.25) is 0 Å². The Balaban J connectivity index is 1.97. The smallest absolute Gasteiger partial charge is 0.321 e. The molecule has 1 aliphatic carbocycles. The van der Waals surface area contributed by atoms with Gasteiger partial charge in [0.25, 0.3) is 0 Å². The van der Waals surface area contributed by atoms with Gasteiger partial charge in [-0.3, -0.25) is 14.6 Å². The van der Waals surface area contributed by atoms with Gasteiger partial charge in [-0.15, -0.1) is 0 Å². The van der Waals surface area contributed by atoms with Gasteiger partial charge < -0.3 is 10.1 Å². The Hall–Kier alpha value is -1.91. The first-order valence-corrected chi connectivity index (χ1v) is 5.95. The van der Waals surface area contributed by atoms with Crippen LogP contribution in [0.25, 0.3) is 0 Å². The first-order chi connectivity index (χ1) is 8.69. The van der Waals surface area contributed by atoms with Crippen molar-refractivity contribution in [1.82, 2.24) is 10.3 Å². The van der Waals surface area contributed by atoms with Crippen molar-refractivity contribution in [3.05, 3.63) is 30.1 Å². The molecule has 0 aromatic carbocycles. The normalized spacial score (nSPS) is 16.5. The third-order valence-electron chi connectivity index (χ3n) is 3.39. The van der Waals surface area contributed by atoms with E-state index < -0.39 is 11.4 Å². The van der Waals surface area contributed by atoms with Crippen LogP contribution in [0.3, 0.4) is 0 Å². The zero-order valence-electron chi connectivity index (χ0n) is 10.3. The van der Waals surface area contributed by atoms with Gasteiger partial charge in [0.15, 0.2) is 0 Å². The number of aromatic nitrogens is 1. The highest BCUT2D eigenvalue weighted by Crippen LogP contribution is 2.42. The van der Waals surface area contributed by atoms with Gasteiger partial charge in [-0.05, 0) is 24.5 Å². The minimum Gasteiger partial charge on any atom is -0.468 e. The molecular formula is C13H16N2O3. The summed E-state index contributed by atoms with van der Waals surface area (Å²) in [6.07, 6.45) is 5.38. The lowest BCUT2D eigenvalue weighted by molar-refractivity contribution is -0.165. The van der Waals surface area contributed by atoms with Gasteiger partial charge in [-0.25, -0.2) is 0 Å². The first-order valence-electron chi connectivity index (χ1n) is 5.95. The van der Waals surface area contributed by atoms with Crippen molar-refractivity contribution >= 4 is 11.9 Å². The molecule has 0 aliphatic heterocycles. The molecule has 1 N–H and O–H groups in total. The van der Waals surface area contributed by atoms with E-state index in [2.05, 4.69) is 10.3 Å². The molecule has 1 aromatic heterocycles. The van der Waals surface area contributed by atoms with Crippen molar-refractivity contribution in [2.24, 2.45) is 5.41 Å². The maximum Gasteiger partial charge on any atom is 0.321 e. The van der Waals surface area contributed by atoms with Crippen molar-refractivity contribution in [3.8, 4) is 0 Å². The SMILES string of the molecule is COC(=O)C1(C(=O)NCc2cccnc2)CCC1. The number of amides is 1. The Kier molecular flexibility index (Phi) is 3.60. The molecule has 5 nitrogen and oxygen atoms in total. The Morgan fingerprint density at radius 2 is 2.28 bits per heavy atom. The second-order valence-corrected chi connectivity index (χ2v) is 4.47. The number of rotatable bonds is 4. The molecule has 0 unspecified atom stereocenters. The summed E-state index contributed by atoms with van der Waals surface area (Å²) in [6.45, 7) is 0.380. The molecule has 0 saturated heterocycles.